The first-order valence-corrected chi connectivity index (χ1v) is 5.86. The van der Waals surface area contributed by atoms with Crippen LogP contribution in [0.15, 0.2) is 24.3 Å². The molecule has 1 aromatic carbocycles. The largest absolute Gasteiger partial charge is 0.449 e. The maximum Gasteiger partial charge on any atom is 0.414 e. The van der Waals surface area contributed by atoms with Crippen molar-refractivity contribution in [1.82, 2.24) is 0 Å². The summed E-state index contributed by atoms with van der Waals surface area (Å²) in [6.07, 6.45) is 1.03. The van der Waals surface area contributed by atoms with Gasteiger partial charge in [0.05, 0.1) is 6.61 Å². The average Bonchev–Trinajstić information content (AvgIpc) is 2.32. The summed E-state index contributed by atoms with van der Waals surface area (Å²) in [5, 5.41) is 9.03. The van der Waals surface area contributed by atoms with Gasteiger partial charge in [0, 0.05) is 24.8 Å². The fourth-order valence-corrected chi connectivity index (χ4v) is 2.07. The number of anilines is 1. The van der Waals surface area contributed by atoms with Crippen LogP contribution in [0.3, 0.4) is 0 Å². The van der Waals surface area contributed by atoms with E-state index in [0.717, 1.165) is 17.7 Å². The molecule has 0 aliphatic carbocycles. The third kappa shape index (κ3) is 2.58. The molecule has 1 heterocycles. The number of nitrogens with zero attached hydrogens (tertiary/aromatic N) is 1. The van der Waals surface area contributed by atoms with Crippen molar-refractivity contribution in [2.45, 2.75) is 25.8 Å². The summed E-state index contributed by atoms with van der Waals surface area (Å²) in [7, 11) is 0. The number of amides is 1. The Bertz CT molecular complexity index is 386. The first-order chi connectivity index (χ1) is 8.22. The van der Waals surface area contributed by atoms with E-state index in [2.05, 4.69) is 0 Å². The molecule has 1 fully saturated rings. The minimum Gasteiger partial charge on any atom is -0.449 e. The predicted octanol–water partition coefficient (Wildman–Crippen LogP) is 2.09. The zero-order valence-electron chi connectivity index (χ0n) is 9.93. The van der Waals surface area contributed by atoms with Crippen molar-refractivity contribution < 1.29 is 14.6 Å². The van der Waals surface area contributed by atoms with E-state index in [1.165, 1.54) is 0 Å². The third-order valence-corrected chi connectivity index (χ3v) is 3.01. The molecule has 92 valence electrons. The number of benzene rings is 1. The highest BCUT2D eigenvalue weighted by Crippen LogP contribution is 2.25. The molecule has 1 aliphatic heterocycles. The monoisotopic (exact) mass is 235 g/mol. The van der Waals surface area contributed by atoms with Gasteiger partial charge in [0.15, 0.2) is 0 Å². The smallest absolute Gasteiger partial charge is 0.414 e. The summed E-state index contributed by atoms with van der Waals surface area (Å²) >= 11 is 0. The molecule has 0 bridgehead atoms. The van der Waals surface area contributed by atoms with Gasteiger partial charge in [-0.15, -0.1) is 0 Å². The van der Waals surface area contributed by atoms with E-state index in [0.29, 0.717) is 13.0 Å². The van der Waals surface area contributed by atoms with Gasteiger partial charge in [-0.2, -0.15) is 0 Å². The molecule has 1 saturated heterocycles. The molecular weight excluding hydrogens is 218 g/mol. The number of aryl methyl sites for hydroxylation is 1. The minimum absolute atomic E-state index is 0.0314. The van der Waals surface area contributed by atoms with Crippen LogP contribution in [0.5, 0.6) is 0 Å². The standard InChI is InChI=1S/C13H17NO3/c1-10-2-4-11(5-3-10)14-12(6-8-15)7-9-17-13(14)16/h2-5,12,15H,6-9H2,1H3. The molecule has 17 heavy (non-hydrogen) atoms. The van der Waals surface area contributed by atoms with Crippen molar-refractivity contribution in [3.8, 4) is 0 Å². The molecular formula is C13H17NO3. The van der Waals surface area contributed by atoms with Crippen LogP contribution in [-0.4, -0.2) is 30.5 Å². The van der Waals surface area contributed by atoms with Crippen LogP contribution < -0.4 is 4.90 Å². The molecule has 1 aliphatic rings. The lowest BCUT2D eigenvalue weighted by molar-refractivity contribution is 0.124. The summed E-state index contributed by atoms with van der Waals surface area (Å²) in [5.74, 6) is 0. The number of aliphatic hydroxyl groups excluding tert-OH is 1. The Morgan fingerprint density at radius 3 is 2.76 bits per heavy atom. The molecule has 4 nitrogen and oxygen atoms in total. The fourth-order valence-electron chi connectivity index (χ4n) is 2.07. The number of ether oxygens (including phenoxy) is 1. The first kappa shape index (κ1) is 11.9. The SMILES string of the molecule is Cc1ccc(N2C(=O)OCCC2CCO)cc1. The highest BCUT2D eigenvalue weighted by molar-refractivity contribution is 5.88. The molecule has 1 atom stereocenters. The Morgan fingerprint density at radius 2 is 2.12 bits per heavy atom. The van der Waals surface area contributed by atoms with E-state index in [1.54, 1.807) is 4.90 Å². The zero-order chi connectivity index (χ0) is 12.3. The number of hydrogen-bond acceptors (Lipinski definition) is 3. The normalized spacial score (nSPS) is 20.2. The summed E-state index contributed by atoms with van der Waals surface area (Å²) in [4.78, 5) is 13.4. The lowest BCUT2D eigenvalue weighted by Gasteiger charge is -2.34. The van der Waals surface area contributed by atoms with Crippen LogP contribution in [0.4, 0.5) is 10.5 Å². The van der Waals surface area contributed by atoms with Gasteiger partial charge in [-0.05, 0) is 25.5 Å². The van der Waals surface area contributed by atoms with Crippen LogP contribution in [-0.2, 0) is 4.74 Å². The lowest BCUT2D eigenvalue weighted by atomic mass is 10.1. The van der Waals surface area contributed by atoms with Gasteiger partial charge < -0.3 is 9.84 Å². The molecule has 0 saturated carbocycles. The van der Waals surface area contributed by atoms with Gasteiger partial charge in [-0.25, -0.2) is 4.79 Å². The number of cyclic esters (lactones) is 1. The van der Waals surface area contributed by atoms with Gasteiger partial charge in [-0.1, -0.05) is 17.7 Å². The van der Waals surface area contributed by atoms with Crippen molar-refractivity contribution in [2.24, 2.45) is 0 Å². The van der Waals surface area contributed by atoms with Crippen molar-refractivity contribution in [2.75, 3.05) is 18.1 Å². The lowest BCUT2D eigenvalue weighted by Crippen LogP contribution is -2.46. The van der Waals surface area contributed by atoms with Crippen LogP contribution in [0.25, 0.3) is 0 Å². The van der Waals surface area contributed by atoms with Crippen molar-refractivity contribution in [3.05, 3.63) is 29.8 Å². The minimum atomic E-state index is -0.321. The number of aliphatic hydroxyl groups is 1. The predicted molar refractivity (Wildman–Crippen MR) is 65.1 cm³/mol. The van der Waals surface area contributed by atoms with Crippen molar-refractivity contribution in [1.29, 1.82) is 0 Å². The second kappa shape index (κ2) is 5.19. The zero-order valence-corrected chi connectivity index (χ0v) is 9.93. The topological polar surface area (TPSA) is 49.8 Å². The Kier molecular flexibility index (Phi) is 3.64. The molecule has 0 spiro atoms. The molecule has 2 rings (SSSR count). The van der Waals surface area contributed by atoms with Crippen LogP contribution in [0, 0.1) is 6.92 Å². The van der Waals surface area contributed by atoms with Crippen molar-refractivity contribution in [3.63, 3.8) is 0 Å². The van der Waals surface area contributed by atoms with Crippen LogP contribution >= 0.6 is 0 Å². The average molecular weight is 235 g/mol. The maximum atomic E-state index is 11.8. The molecule has 1 aromatic rings. The van der Waals surface area contributed by atoms with Crippen LogP contribution in [0.2, 0.25) is 0 Å². The molecule has 1 amide bonds. The number of hydrogen-bond donors (Lipinski definition) is 1. The van der Waals surface area contributed by atoms with Crippen molar-refractivity contribution >= 4 is 11.8 Å². The summed E-state index contributed by atoms with van der Waals surface area (Å²) in [6, 6.07) is 7.78. The van der Waals surface area contributed by atoms with E-state index >= 15 is 0 Å². The number of rotatable bonds is 3. The summed E-state index contributed by atoms with van der Waals surface area (Å²) in [5.41, 5.74) is 1.98. The second-order valence-corrected chi connectivity index (χ2v) is 4.27. The van der Waals surface area contributed by atoms with E-state index in [1.807, 2.05) is 31.2 Å². The summed E-state index contributed by atoms with van der Waals surface area (Å²) < 4.78 is 5.06. The Morgan fingerprint density at radius 1 is 1.41 bits per heavy atom. The van der Waals surface area contributed by atoms with E-state index in [-0.39, 0.29) is 18.7 Å². The number of carbonyl (C=O) groups excluding carboxylic acids is 1. The Balaban J connectivity index is 2.24. The third-order valence-electron chi connectivity index (χ3n) is 3.01. The number of carbonyl (C=O) groups is 1. The van der Waals surface area contributed by atoms with E-state index in [9.17, 15) is 4.79 Å². The first-order valence-electron chi connectivity index (χ1n) is 5.86. The summed E-state index contributed by atoms with van der Waals surface area (Å²) in [6.45, 7) is 2.52. The molecule has 1 unspecified atom stereocenters. The van der Waals surface area contributed by atoms with Crippen LogP contribution in [0.1, 0.15) is 18.4 Å². The van der Waals surface area contributed by atoms with Gasteiger partial charge in [0.25, 0.3) is 0 Å². The van der Waals surface area contributed by atoms with E-state index < -0.39 is 0 Å². The Labute approximate surface area is 101 Å². The van der Waals surface area contributed by atoms with Gasteiger partial charge in [0.1, 0.15) is 0 Å². The van der Waals surface area contributed by atoms with E-state index in [4.69, 9.17) is 9.84 Å². The maximum absolute atomic E-state index is 11.8. The quantitative estimate of drug-likeness (QED) is 0.872. The fraction of sp³-hybridized carbons (Fsp3) is 0.462. The molecule has 0 radical (unpaired) electrons. The molecule has 4 heteroatoms. The Hall–Kier alpha value is -1.55. The second-order valence-electron chi connectivity index (χ2n) is 4.27. The van der Waals surface area contributed by atoms with Gasteiger partial charge in [-0.3, -0.25) is 4.90 Å². The highest BCUT2D eigenvalue weighted by atomic mass is 16.6. The van der Waals surface area contributed by atoms with Gasteiger partial charge >= 0.3 is 6.09 Å². The molecule has 1 N–H and O–H groups in total. The molecule has 0 aromatic heterocycles. The van der Waals surface area contributed by atoms with Gasteiger partial charge in [0.2, 0.25) is 0 Å². The highest BCUT2D eigenvalue weighted by Gasteiger charge is 2.30.